The fourth-order valence-corrected chi connectivity index (χ4v) is 3.37. The molecule has 0 saturated carbocycles. The Morgan fingerprint density at radius 3 is 2.58 bits per heavy atom. The number of rotatable bonds is 5. The Morgan fingerprint density at radius 2 is 1.92 bits per heavy atom. The van der Waals surface area contributed by atoms with Gasteiger partial charge in [-0.15, -0.1) is 0 Å². The zero-order valence-electron chi connectivity index (χ0n) is 14.3. The lowest BCUT2D eigenvalue weighted by Gasteiger charge is -2.14. The Labute approximate surface area is 161 Å². The highest BCUT2D eigenvalue weighted by atomic mass is 79.9. The van der Waals surface area contributed by atoms with Crippen LogP contribution in [0.25, 0.3) is 6.08 Å². The van der Waals surface area contributed by atoms with Gasteiger partial charge in [-0.1, -0.05) is 36.4 Å². The average molecular weight is 411 g/mol. The number of hydrogen-bond donors (Lipinski definition) is 0. The molecule has 0 aromatic heterocycles. The van der Waals surface area contributed by atoms with Gasteiger partial charge in [-0.2, -0.15) is 5.26 Å². The van der Waals surface area contributed by atoms with Crippen LogP contribution in [0.2, 0.25) is 0 Å². The maximum Gasteiger partial charge on any atom is 0.264 e. The van der Waals surface area contributed by atoms with Crippen LogP contribution in [0.5, 0.6) is 5.75 Å². The quantitative estimate of drug-likeness (QED) is 0.536. The van der Waals surface area contributed by atoms with Gasteiger partial charge in [0.1, 0.15) is 24.0 Å². The van der Waals surface area contributed by atoms with E-state index in [2.05, 4.69) is 15.9 Å². The molecule has 132 valence electrons. The van der Waals surface area contributed by atoms with E-state index >= 15 is 0 Å². The molecule has 5 heteroatoms. The number of halogens is 1. The van der Waals surface area contributed by atoms with Gasteiger partial charge in [-0.25, -0.2) is 0 Å². The number of nitrogens with zero attached hydrogens (tertiary/aromatic N) is 2. The van der Waals surface area contributed by atoms with Crippen molar-refractivity contribution < 1.29 is 9.53 Å². The van der Waals surface area contributed by atoms with E-state index in [1.807, 2.05) is 54.6 Å². The summed E-state index contributed by atoms with van der Waals surface area (Å²) in [5, 5.41) is 9.35. The standard InChI is InChI=1S/C21H19BrN2O2/c22-19-13-17(12-18(14-23)21(25)24-10-4-5-11-24)8-9-20(19)26-15-16-6-2-1-3-7-16/h1-3,6-9,12-13H,4-5,10-11,15H2/b18-12+. The van der Waals surface area contributed by atoms with E-state index in [0.29, 0.717) is 6.61 Å². The van der Waals surface area contributed by atoms with E-state index in [1.165, 1.54) is 0 Å². The number of amides is 1. The fourth-order valence-electron chi connectivity index (χ4n) is 2.86. The Bertz CT molecular complexity index is 850. The first kappa shape index (κ1) is 18.2. The van der Waals surface area contributed by atoms with Gasteiger partial charge in [-0.3, -0.25) is 4.79 Å². The molecule has 4 nitrogen and oxygen atoms in total. The SMILES string of the molecule is N#C/C(=C\c1ccc(OCc2ccccc2)c(Br)c1)C(=O)N1CCCC1. The van der Waals surface area contributed by atoms with Gasteiger partial charge in [0.25, 0.3) is 5.91 Å². The number of carbonyl (C=O) groups is 1. The summed E-state index contributed by atoms with van der Waals surface area (Å²) in [6, 6.07) is 17.5. The molecule has 26 heavy (non-hydrogen) atoms. The average Bonchev–Trinajstić information content (AvgIpc) is 3.20. The molecule has 0 bridgehead atoms. The molecule has 0 N–H and O–H groups in total. The third-order valence-corrected chi connectivity index (χ3v) is 4.87. The van der Waals surface area contributed by atoms with Gasteiger partial charge in [-0.05, 0) is 58.1 Å². The first-order valence-corrected chi connectivity index (χ1v) is 9.34. The number of likely N-dealkylation sites (tertiary alicyclic amines) is 1. The predicted molar refractivity (Wildman–Crippen MR) is 104 cm³/mol. The summed E-state index contributed by atoms with van der Waals surface area (Å²) in [5.74, 6) is 0.529. The van der Waals surface area contributed by atoms with E-state index in [-0.39, 0.29) is 11.5 Å². The number of carbonyl (C=O) groups excluding carboxylic acids is 1. The second-order valence-corrected chi connectivity index (χ2v) is 6.99. The molecule has 2 aromatic rings. The van der Waals surface area contributed by atoms with Gasteiger partial charge >= 0.3 is 0 Å². The monoisotopic (exact) mass is 410 g/mol. The van der Waals surface area contributed by atoms with Gasteiger partial charge in [0.05, 0.1) is 4.47 Å². The molecule has 1 fully saturated rings. The van der Waals surface area contributed by atoms with Crippen molar-refractivity contribution in [3.63, 3.8) is 0 Å². The molecule has 1 aliphatic heterocycles. The number of benzene rings is 2. The molecule has 3 rings (SSSR count). The largest absolute Gasteiger partial charge is 0.488 e. The van der Waals surface area contributed by atoms with Crippen LogP contribution in [0.1, 0.15) is 24.0 Å². The van der Waals surface area contributed by atoms with Crippen molar-refractivity contribution >= 4 is 27.9 Å². The molecular formula is C21H19BrN2O2. The third-order valence-electron chi connectivity index (χ3n) is 4.25. The Hall–Kier alpha value is -2.58. The first-order valence-electron chi connectivity index (χ1n) is 8.55. The van der Waals surface area contributed by atoms with Gasteiger partial charge < -0.3 is 9.64 Å². The minimum absolute atomic E-state index is 0.164. The minimum Gasteiger partial charge on any atom is -0.488 e. The third kappa shape index (κ3) is 4.53. The molecule has 1 amide bonds. The van der Waals surface area contributed by atoms with Crippen molar-refractivity contribution in [2.75, 3.05) is 13.1 Å². The van der Waals surface area contributed by atoms with Crippen molar-refractivity contribution in [1.29, 1.82) is 5.26 Å². The van der Waals surface area contributed by atoms with E-state index < -0.39 is 0 Å². The molecular weight excluding hydrogens is 392 g/mol. The summed E-state index contributed by atoms with van der Waals surface area (Å²) in [6.07, 6.45) is 3.64. The van der Waals surface area contributed by atoms with Crippen molar-refractivity contribution in [3.05, 3.63) is 69.7 Å². The van der Waals surface area contributed by atoms with Crippen LogP contribution in [0, 0.1) is 11.3 Å². The maximum atomic E-state index is 12.4. The van der Waals surface area contributed by atoms with Crippen molar-refractivity contribution in [3.8, 4) is 11.8 Å². The lowest BCUT2D eigenvalue weighted by molar-refractivity contribution is -0.125. The van der Waals surface area contributed by atoms with Crippen LogP contribution < -0.4 is 4.74 Å². The highest BCUT2D eigenvalue weighted by Crippen LogP contribution is 2.28. The smallest absolute Gasteiger partial charge is 0.264 e. The summed E-state index contributed by atoms with van der Waals surface area (Å²) in [5.41, 5.74) is 2.04. The molecule has 1 heterocycles. The zero-order valence-corrected chi connectivity index (χ0v) is 15.9. The number of ether oxygens (including phenoxy) is 1. The summed E-state index contributed by atoms with van der Waals surface area (Å²) in [4.78, 5) is 14.1. The fraction of sp³-hybridized carbons (Fsp3) is 0.238. The van der Waals surface area contributed by atoms with Gasteiger partial charge in [0.2, 0.25) is 0 Å². The van der Waals surface area contributed by atoms with Crippen LogP contribution in [0.15, 0.2) is 58.6 Å². The van der Waals surface area contributed by atoms with Crippen molar-refractivity contribution in [2.24, 2.45) is 0 Å². The lowest BCUT2D eigenvalue weighted by Crippen LogP contribution is -2.28. The molecule has 0 atom stereocenters. The highest BCUT2D eigenvalue weighted by molar-refractivity contribution is 9.10. The topological polar surface area (TPSA) is 53.3 Å². The second kappa shape index (κ2) is 8.68. The molecule has 1 aliphatic rings. The van der Waals surface area contributed by atoms with E-state index in [1.54, 1.807) is 11.0 Å². The van der Waals surface area contributed by atoms with Gasteiger partial charge in [0.15, 0.2) is 0 Å². The normalized spacial score (nSPS) is 14.2. The van der Waals surface area contributed by atoms with Crippen LogP contribution in [0.3, 0.4) is 0 Å². The summed E-state index contributed by atoms with van der Waals surface area (Å²) < 4.78 is 6.62. The van der Waals surface area contributed by atoms with E-state index in [0.717, 1.165) is 47.3 Å². The highest BCUT2D eigenvalue weighted by Gasteiger charge is 2.21. The molecule has 2 aromatic carbocycles. The van der Waals surface area contributed by atoms with E-state index in [4.69, 9.17) is 4.74 Å². The first-order chi connectivity index (χ1) is 12.7. The van der Waals surface area contributed by atoms with Crippen molar-refractivity contribution in [1.82, 2.24) is 4.90 Å². The predicted octanol–water partition coefficient (Wildman–Crippen LogP) is 4.56. The van der Waals surface area contributed by atoms with E-state index in [9.17, 15) is 10.1 Å². The summed E-state index contributed by atoms with van der Waals surface area (Å²) in [7, 11) is 0. The second-order valence-electron chi connectivity index (χ2n) is 6.13. The van der Waals surface area contributed by atoms with Crippen LogP contribution in [-0.2, 0) is 11.4 Å². The number of nitriles is 1. The molecule has 0 aliphatic carbocycles. The zero-order chi connectivity index (χ0) is 18.4. The lowest BCUT2D eigenvalue weighted by atomic mass is 10.1. The number of hydrogen-bond acceptors (Lipinski definition) is 3. The Kier molecular flexibility index (Phi) is 6.08. The summed E-state index contributed by atoms with van der Waals surface area (Å²) >= 11 is 3.50. The van der Waals surface area contributed by atoms with Crippen LogP contribution in [0.4, 0.5) is 0 Å². The molecule has 0 spiro atoms. The molecule has 1 saturated heterocycles. The maximum absolute atomic E-state index is 12.4. The van der Waals surface area contributed by atoms with Crippen LogP contribution in [-0.4, -0.2) is 23.9 Å². The Morgan fingerprint density at radius 1 is 1.19 bits per heavy atom. The van der Waals surface area contributed by atoms with Crippen molar-refractivity contribution in [2.45, 2.75) is 19.4 Å². The molecule has 0 unspecified atom stereocenters. The van der Waals surface area contributed by atoms with Crippen LogP contribution >= 0.6 is 15.9 Å². The summed E-state index contributed by atoms with van der Waals surface area (Å²) in [6.45, 7) is 1.94. The minimum atomic E-state index is -0.189. The van der Waals surface area contributed by atoms with Gasteiger partial charge in [0, 0.05) is 13.1 Å². The Balaban J connectivity index is 1.71. The molecule has 0 radical (unpaired) electrons.